The van der Waals surface area contributed by atoms with Crippen LogP contribution in [0.15, 0.2) is 24.1 Å². The van der Waals surface area contributed by atoms with Crippen molar-refractivity contribution in [2.45, 2.75) is 50.6 Å². The van der Waals surface area contributed by atoms with Gasteiger partial charge in [0, 0.05) is 27.5 Å². The van der Waals surface area contributed by atoms with Gasteiger partial charge in [0.15, 0.2) is 0 Å². The molecule has 1 aromatic rings. The SMILES string of the molecule is C=CS(=O)(=O)NCCNC1CC(CCCC)(c2cc(Cl)c(Cl)cc2I)CCN1. The van der Waals surface area contributed by atoms with E-state index in [1.807, 2.05) is 12.1 Å². The maximum atomic E-state index is 11.5. The molecule has 1 aromatic carbocycles. The Morgan fingerprint density at radius 2 is 2.07 bits per heavy atom. The Kier molecular flexibility index (Phi) is 9.51. The predicted molar refractivity (Wildman–Crippen MR) is 127 cm³/mol. The van der Waals surface area contributed by atoms with E-state index in [1.54, 1.807) is 0 Å². The zero-order valence-electron chi connectivity index (χ0n) is 16.0. The van der Waals surface area contributed by atoms with Crippen molar-refractivity contribution in [1.82, 2.24) is 15.4 Å². The molecule has 3 N–H and O–H groups in total. The van der Waals surface area contributed by atoms with E-state index in [0.29, 0.717) is 23.1 Å². The van der Waals surface area contributed by atoms with E-state index in [9.17, 15) is 8.42 Å². The molecule has 9 heteroatoms. The maximum absolute atomic E-state index is 11.5. The van der Waals surface area contributed by atoms with Crippen LogP contribution < -0.4 is 15.4 Å². The van der Waals surface area contributed by atoms with Crippen molar-refractivity contribution in [3.05, 3.63) is 43.3 Å². The lowest BCUT2D eigenvalue weighted by Crippen LogP contribution is -2.54. The molecule has 0 aromatic heterocycles. The van der Waals surface area contributed by atoms with Crippen molar-refractivity contribution in [3.8, 4) is 0 Å². The van der Waals surface area contributed by atoms with E-state index >= 15 is 0 Å². The Bertz CT molecular complexity index is 792. The zero-order valence-corrected chi connectivity index (χ0v) is 20.5. The number of rotatable bonds is 10. The Balaban J connectivity index is 2.13. The fourth-order valence-corrected chi connectivity index (χ4v) is 5.80. The summed E-state index contributed by atoms with van der Waals surface area (Å²) >= 11 is 14.9. The molecule has 1 aliphatic rings. The van der Waals surface area contributed by atoms with Crippen LogP contribution in [0.5, 0.6) is 0 Å². The second kappa shape index (κ2) is 10.9. The number of hydrogen-bond donors (Lipinski definition) is 3. The third kappa shape index (κ3) is 6.55. The van der Waals surface area contributed by atoms with Gasteiger partial charge in [-0.2, -0.15) is 0 Å². The standard InChI is InChI=1S/C19H28Cl2IN3O2S/c1-3-5-6-19(14-11-15(20)16(21)12-17(14)22)7-8-23-18(13-19)24-9-10-25-28(26,27)4-2/h4,11-12,18,23-25H,2-3,5-10,13H2,1H3. The molecule has 1 fully saturated rings. The Labute approximate surface area is 192 Å². The third-order valence-corrected chi connectivity index (χ3v) is 7.88. The lowest BCUT2D eigenvalue weighted by molar-refractivity contribution is 0.209. The Morgan fingerprint density at radius 1 is 1.36 bits per heavy atom. The van der Waals surface area contributed by atoms with Gasteiger partial charge in [-0.05, 0) is 66.1 Å². The van der Waals surface area contributed by atoms with Gasteiger partial charge >= 0.3 is 0 Å². The van der Waals surface area contributed by atoms with Crippen molar-refractivity contribution in [2.75, 3.05) is 19.6 Å². The molecular formula is C19H28Cl2IN3O2S. The molecule has 0 aliphatic carbocycles. The van der Waals surface area contributed by atoms with E-state index < -0.39 is 10.0 Å². The summed E-state index contributed by atoms with van der Waals surface area (Å²) in [5.41, 5.74) is 1.28. The van der Waals surface area contributed by atoms with Crippen LogP contribution in [0.4, 0.5) is 0 Å². The molecule has 0 saturated carbocycles. The molecule has 28 heavy (non-hydrogen) atoms. The average Bonchev–Trinajstić information content (AvgIpc) is 2.67. The van der Waals surface area contributed by atoms with Crippen LogP contribution in [0, 0.1) is 3.57 Å². The number of benzene rings is 1. The second-order valence-electron chi connectivity index (χ2n) is 7.15. The molecule has 0 spiro atoms. The topological polar surface area (TPSA) is 70.2 Å². The molecule has 0 amide bonds. The number of piperidine rings is 1. The second-order valence-corrected chi connectivity index (χ2v) is 10.8. The lowest BCUT2D eigenvalue weighted by Gasteiger charge is -2.43. The van der Waals surface area contributed by atoms with Crippen LogP contribution in [0.2, 0.25) is 10.0 Å². The minimum absolute atomic E-state index is 0.0182. The molecule has 1 heterocycles. The van der Waals surface area contributed by atoms with Crippen LogP contribution in [0.25, 0.3) is 0 Å². The van der Waals surface area contributed by atoms with Gasteiger partial charge in [0.05, 0.1) is 16.2 Å². The fourth-order valence-electron chi connectivity index (χ4n) is 3.74. The van der Waals surface area contributed by atoms with Gasteiger partial charge in [-0.25, -0.2) is 13.1 Å². The van der Waals surface area contributed by atoms with E-state index in [1.165, 1.54) is 5.56 Å². The summed E-state index contributed by atoms with van der Waals surface area (Å²) in [6.45, 7) is 7.24. The molecule has 2 atom stereocenters. The summed E-state index contributed by atoms with van der Waals surface area (Å²) < 4.78 is 26.5. The first-order chi connectivity index (χ1) is 13.2. The average molecular weight is 560 g/mol. The first-order valence-corrected chi connectivity index (χ1v) is 12.8. The van der Waals surface area contributed by atoms with Gasteiger partial charge in [0.25, 0.3) is 0 Å². The van der Waals surface area contributed by atoms with E-state index in [2.05, 4.69) is 51.4 Å². The monoisotopic (exact) mass is 559 g/mol. The van der Waals surface area contributed by atoms with Crippen LogP contribution in [0.1, 0.15) is 44.6 Å². The smallest absolute Gasteiger partial charge is 0.233 e. The van der Waals surface area contributed by atoms with Crippen LogP contribution in [0.3, 0.4) is 0 Å². The molecule has 0 bridgehead atoms. The third-order valence-electron chi connectivity index (χ3n) is 5.22. The quantitative estimate of drug-likeness (QED) is 0.226. The number of halogens is 3. The minimum Gasteiger partial charge on any atom is -0.302 e. The van der Waals surface area contributed by atoms with Crippen LogP contribution in [-0.4, -0.2) is 34.2 Å². The number of sulfonamides is 1. The first-order valence-electron chi connectivity index (χ1n) is 9.47. The minimum atomic E-state index is -3.39. The van der Waals surface area contributed by atoms with Gasteiger partial charge in [-0.15, -0.1) is 0 Å². The summed E-state index contributed by atoms with van der Waals surface area (Å²) in [6, 6.07) is 3.98. The van der Waals surface area contributed by atoms with Crippen molar-refractivity contribution in [3.63, 3.8) is 0 Å². The van der Waals surface area contributed by atoms with Gasteiger partial charge in [-0.3, -0.25) is 0 Å². The fraction of sp³-hybridized carbons (Fsp3) is 0.579. The molecule has 5 nitrogen and oxygen atoms in total. The number of hydrogen-bond acceptors (Lipinski definition) is 4. The van der Waals surface area contributed by atoms with Crippen molar-refractivity contribution in [2.24, 2.45) is 0 Å². The van der Waals surface area contributed by atoms with Gasteiger partial charge in [0.2, 0.25) is 10.0 Å². The summed E-state index contributed by atoms with van der Waals surface area (Å²) in [4.78, 5) is 0. The highest BCUT2D eigenvalue weighted by atomic mass is 127. The maximum Gasteiger partial charge on any atom is 0.233 e. The van der Waals surface area contributed by atoms with E-state index in [0.717, 1.165) is 47.6 Å². The van der Waals surface area contributed by atoms with E-state index in [-0.39, 0.29) is 11.6 Å². The summed E-state index contributed by atoms with van der Waals surface area (Å²) in [6.07, 6.45) is 5.40. The molecule has 2 unspecified atom stereocenters. The van der Waals surface area contributed by atoms with Gasteiger partial charge in [-0.1, -0.05) is 49.5 Å². The van der Waals surface area contributed by atoms with Crippen molar-refractivity contribution >= 4 is 55.8 Å². The highest BCUT2D eigenvalue weighted by molar-refractivity contribution is 14.1. The van der Waals surface area contributed by atoms with Crippen LogP contribution in [-0.2, 0) is 15.4 Å². The largest absolute Gasteiger partial charge is 0.302 e. The molecule has 1 saturated heterocycles. The summed E-state index contributed by atoms with van der Waals surface area (Å²) in [5.74, 6) is 0. The van der Waals surface area contributed by atoms with Crippen molar-refractivity contribution in [1.29, 1.82) is 0 Å². The molecule has 0 radical (unpaired) electrons. The van der Waals surface area contributed by atoms with E-state index in [4.69, 9.17) is 23.2 Å². The number of unbranched alkanes of at least 4 members (excludes halogenated alkanes) is 1. The first kappa shape index (κ1) is 24.4. The highest BCUT2D eigenvalue weighted by Gasteiger charge is 2.38. The Morgan fingerprint density at radius 3 is 2.75 bits per heavy atom. The molecular weight excluding hydrogens is 532 g/mol. The lowest BCUT2D eigenvalue weighted by atomic mass is 9.69. The summed E-state index contributed by atoms with van der Waals surface area (Å²) in [5, 5.41) is 9.04. The van der Waals surface area contributed by atoms with Crippen molar-refractivity contribution < 1.29 is 8.42 Å². The normalized spacial score (nSPS) is 22.9. The van der Waals surface area contributed by atoms with Gasteiger partial charge < -0.3 is 10.6 Å². The summed E-state index contributed by atoms with van der Waals surface area (Å²) in [7, 11) is -3.39. The molecule has 158 valence electrons. The Hall–Kier alpha value is 0.1000. The molecule has 2 rings (SSSR count). The predicted octanol–water partition coefficient (Wildman–Crippen LogP) is 4.39. The zero-order chi connectivity index (χ0) is 20.8. The molecule has 1 aliphatic heterocycles. The van der Waals surface area contributed by atoms with Gasteiger partial charge in [0.1, 0.15) is 0 Å². The number of nitrogens with one attached hydrogen (secondary N) is 3. The van der Waals surface area contributed by atoms with Crippen LogP contribution >= 0.6 is 45.8 Å². The highest BCUT2D eigenvalue weighted by Crippen LogP contribution is 2.43.